The van der Waals surface area contributed by atoms with E-state index >= 15 is 0 Å². The third kappa shape index (κ3) is 5.94. The molecule has 0 bridgehead atoms. The van der Waals surface area contributed by atoms with Crippen LogP contribution in [-0.4, -0.2) is 42.1 Å². The Morgan fingerprint density at radius 2 is 1.85 bits per heavy atom. The lowest BCUT2D eigenvalue weighted by Gasteiger charge is -2.40. The molecule has 3 heterocycles. The molecule has 0 unspecified atom stereocenters. The van der Waals surface area contributed by atoms with E-state index in [1.165, 1.54) is 23.2 Å². The van der Waals surface area contributed by atoms with E-state index in [0.29, 0.717) is 43.1 Å². The van der Waals surface area contributed by atoms with Crippen LogP contribution >= 0.6 is 11.6 Å². The first kappa shape index (κ1) is 27.1. The van der Waals surface area contributed by atoms with Crippen molar-refractivity contribution < 1.29 is 22.4 Å². The fraction of sp³-hybridized carbons (Fsp3) is 0.310. The molecule has 2 aliphatic heterocycles. The maximum Gasteiger partial charge on any atom is 0.416 e. The Morgan fingerprint density at radius 3 is 2.54 bits per heavy atom. The SMILES string of the molecule is O=C(NCc1ccnc(F)c1)N1CC2(CCN(CC=Cc3ccc(Cl)cc3)CC2)c2c1cccc2C(F)(F)F. The molecule has 2 aromatic carbocycles. The molecule has 3 aromatic rings. The zero-order valence-corrected chi connectivity index (χ0v) is 21.8. The van der Waals surface area contributed by atoms with Crippen LogP contribution in [0.3, 0.4) is 0 Å². The largest absolute Gasteiger partial charge is 0.416 e. The Labute approximate surface area is 229 Å². The summed E-state index contributed by atoms with van der Waals surface area (Å²) in [7, 11) is 0. The number of benzene rings is 2. The van der Waals surface area contributed by atoms with Crippen molar-refractivity contribution >= 4 is 29.4 Å². The van der Waals surface area contributed by atoms with Crippen LogP contribution in [0.2, 0.25) is 5.02 Å². The van der Waals surface area contributed by atoms with Crippen molar-refractivity contribution in [1.82, 2.24) is 15.2 Å². The highest BCUT2D eigenvalue weighted by Gasteiger charge is 2.51. The molecule has 39 heavy (non-hydrogen) atoms. The molecule has 0 radical (unpaired) electrons. The van der Waals surface area contributed by atoms with Gasteiger partial charge in [0.15, 0.2) is 0 Å². The third-order valence-corrected chi connectivity index (χ3v) is 7.72. The first-order valence-corrected chi connectivity index (χ1v) is 13.0. The predicted octanol–water partition coefficient (Wildman–Crippen LogP) is 6.67. The fourth-order valence-corrected chi connectivity index (χ4v) is 5.64. The van der Waals surface area contributed by atoms with E-state index in [9.17, 15) is 22.4 Å². The number of urea groups is 1. The summed E-state index contributed by atoms with van der Waals surface area (Å²) in [6.45, 7) is 2.05. The highest BCUT2D eigenvalue weighted by Crippen LogP contribution is 2.51. The minimum absolute atomic E-state index is 0.0315. The molecule has 1 fully saturated rings. The number of likely N-dealkylation sites (tertiary alicyclic amines) is 1. The zero-order chi connectivity index (χ0) is 27.6. The predicted molar refractivity (Wildman–Crippen MR) is 143 cm³/mol. The Hall–Kier alpha value is -3.43. The summed E-state index contributed by atoms with van der Waals surface area (Å²) < 4.78 is 55.9. The minimum atomic E-state index is -4.54. The van der Waals surface area contributed by atoms with E-state index < -0.39 is 29.1 Å². The quantitative estimate of drug-likeness (QED) is 0.281. The van der Waals surface area contributed by atoms with E-state index in [-0.39, 0.29) is 24.3 Å². The van der Waals surface area contributed by atoms with Gasteiger partial charge in [0.25, 0.3) is 0 Å². The van der Waals surface area contributed by atoms with Crippen molar-refractivity contribution in [3.05, 3.63) is 100 Å². The van der Waals surface area contributed by atoms with Crippen molar-refractivity contribution in [2.45, 2.75) is 31.0 Å². The molecule has 0 atom stereocenters. The number of pyridine rings is 1. The molecule has 1 N–H and O–H groups in total. The third-order valence-electron chi connectivity index (χ3n) is 7.47. The molecule has 5 rings (SSSR count). The van der Waals surface area contributed by atoms with E-state index in [4.69, 9.17) is 11.6 Å². The molecule has 2 aliphatic rings. The summed E-state index contributed by atoms with van der Waals surface area (Å²) in [5, 5.41) is 3.39. The summed E-state index contributed by atoms with van der Waals surface area (Å²) in [5.74, 6) is -0.670. The summed E-state index contributed by atoms with van der Waals surface area (Å²) in [6.07, 6.45) is 1.76. The number of carbonyl (C=O) groups is 1. The number of rotatable bonds is 5. The van der Waals surface area contributed by atoms with Gasteiger partial charge in [0.05, 0.1) is 5.56 Å². The van der Waals surface area contributed by atoms with Crippen LogP contribution in [0.15, 0.2) is 66.9 Å². The maximum absolute atomic E-state index is 14.2. The molecule has 5 nitrogen and oxygen atoms in total. The summed E-state index contributed by atoms with van der Waals surface area (Å²) in [4.78, 5) is 20.3. The number of piperidine rings is 1. The second kappa shape index (κ2) is 11.0. The van der Waals surface area contributed by atoms with Gasteiger partial charge in [-0.25, -0.2) is 9.78 Å². The van der Waals surface area contributed by atoms with Gasteiger partial charge in [-0.2, -0.15) is 17.6 Å². The van der Waals surface area contributed by atoms with Crippen LogP contribution in [0.25, 0.3) is 6.08 Å². The molecule has 0 saturated carbocycles. The molecule has 2 amide bonds. The molecule has 204 valence electrons. The number of amides is 2. The number of hydrogen-bond donors (Lipinski definition) is 1. The highest BCUT2D eigenvalue weighted by atomic mass is 35.5. The molecule has 1 spiro atoms. The number of halogens is 5. The van der Waals surface area contributed by atoms with Gasteiger partial charge < -0.3 is 5.32 Å². The lowest BCUT2D eigenvalue weighted by molar-refractivity contribution is -0.138. The highest BCUT2D eigenvalue weighted by molar-refractivity contribution is 6.30. The van der Waals surface area contributed by atoms with E-state index in [1.54, 1.807) is 12.1 Å². The summed E-state index contributed by atoms with van der Waals surface area (Å²) >= 11 is 5.94. The van der Waals surface area contributed by atoms with Gasteiger partial charge in [0.1, 0.15) is 0 Å². The van der Waals surface area contributed by atoms with Crippen LogP contribution in [0.4, 0.5) is 28.0 Å². The number of nitrogens with one attached hydrogen (secondary N) is 1. The topological polar surface area (TPSA) is 48.5 Å². The molecular weight excluding hydrogens is 532 g/mol. The monoisotopic (exact) mass is 558 g/mol. The number of fused-ring (bicyclic) bond motifs is 2. The van der Waals surface area contributed by atoms with Crippen molar-refractivity contribution in [3.8, 4) is 0 Å². The van der Waals surface area contributed by atoms with E-state index in [1.807, 2.05) is 36.4 Å². The first-order chi connectivity index (χ1) is 18.6. The fourth-order valence-electron chi connectivity index (χ4n) is 5.52. The average Bonchev–Trinajstić information content (AvgIpc) is 3.23. The van der Waals surface area contributed by atoms with Gasteiger partial charge in [0.2, 0.25) is 5.95 Å². The van der Waals surface area contributed by atoms with Crippen molar-refractivity contribution in [3.63, 3.8) is 0 Å². The number of aromatic nitrogens is 1. The number of anilines is 1. The second-order valence-corrected chi connectivity index (χ2v) is 10.4. The van der Waals surface area contributed by atoms with Gasteiger partial charge in [-0.05, 0) is 79.0 Å². The Balaban J connectivity index is 1.33. The van der Waals surface area contributed by atoms with Gasteiger partial charge in [0, 0.05) is 42.0 Å². The van der Waals surface area contributed by atoms with Crippen molar-refractivity contribution in [1.29, 1.82) is 0 Å². The van der Waals surface area contributed by atoms with Crippen molar-refractivity contribution in [2.75, 3.05) is 31.1 Å². The number of hydrogen-bond acceptors (Lipinski definition) is 3. The van der Waals surface area contributed by atoms with Gasteiger partial charge in [-0.15, -0.1) is 0 Å². The standard InChI is InChI=1S/C29H27ClF4N4O/c30-22-8-6-20(7-9-22)3-2-14-37-15-11-28(12-16-37)19-38(24-5-1-4-23(26(24)28)29(32,33)34)27(39)36-18-21-10-13-35-25(31)17-21/h1-10,13,17H,11-12,14-16,18-19H2,(H,36,39). The maximum atomic E-state index is 14.2. The smallest absolute Gasteiger partial charge is 0.334 e. The lowest BCUT2D eigenvalue weighted by atomic mass is 9.72. The normalized spacial score (nSPS) is 17.1. The van der Waals surface area contributed by atoms with E-state index in [2.05, 4.69) is 15.2 Å². The molecular formula is C29H27ClF4N4O. The van der Waals surface area contributed by atoms with Crippen molar-refractivity contribution in [2.24, 2.45) is 0 Å². The molecule has 1 aromatic heterocycles. The summed E-state index contributed by atoms with van der Waals surface area (Å²) in [5.41, 5.74) is 0.497. The van der Waals surface area contributed by atoms with Gasteiger partial charge in [-0.3, -0.25) is 9.80 Å². The van der Waals surface area contributed by atoms with Gasteiger partial charge >= 0.3 is 12.2 Å². The Bertz CT molecular complexity index is 1370. The zero-order valence-electron chi connectivity index (χ0n) is 21.0. The molecule has 1 saturated heterocycles. The van der Waals surface area contributed by atoms with Crippen LogP contribution in [0.1, 0.15) is 35.1 Å². The minimum Gasteiger partial charge on any atom is -0.334 e. The van der Waals surface area contributed by atoms with Crippen LogP contribution < -0.4 is 10.2 Å². The first-order valence-electron chi connectivity index (χ1n) is 12.7. The Morgan fingerprint density at radius 1 is 1.10 bits per heavy atom. The number of nitrogens with zero attached hydrogens (tertiary/aromatic N) is 3. The number of alkyl halides is 3. The Kier molecular flexibility index (Phi) is 7.64. The lowest BCUT2D eigenvalue weighted by Crippen LogP contribution is -2.48. The van der Waals surface area contributed by atoms with Gasteiger partial charge in [-0.1, -0.05) is 42.0 Å². The summed E-state index contributed by atoms with van der Waals surface area (Å²) in [6, 6.07) is 13.8. The number of carbonyl (C=O) groups excluding carboxylic acids is 1. The molecule has 10 heteroatoms. The van der Waals surface area contributed by atoms with Crippen LogP contribution in [0.5, 0.6) is 0 Å². The molecule has 0 aliphatic carbocycles. The van der Waals surface area contributed by atoms with E-state index in [0.717, 1.165) is 11.6 Å². The second-order valence-electron chi connectivity index (χ2n) is 9.96. The van der Waals surface area contributed by atoms with Crippen LogP contribution in [0, 0.1) is 5.95 Å². The van der Waals surface area contributed by atoms with Crippen LogP contribution in [-0.2, 0) is 18.1 Å². The average molecular weight is 559 g/mol.